The van der Waals surface area contributed by atoms with Gasteiger partial charge in [0.1, 0.15) is 10.8 Å². The molecule has 0 radical (unpaired) electrons. The number of nitrogens with one attached hydrogen (secondary N) is 1. The van der Waals surface area contributed by atoms with Crippen LogP contribution in [0.3, 0.4) is 0 Å². The maximum atomic E-state index is 12.1. The van der Waals surface area contributed by atoms with Crippen LogP contribution >= 0.6 is 23.2 Å². The number of hydrogen-bond acceptors (Lipinski definition) is 4. The number of halogens is 2. The Morgan fingerprint density at radius 3 is 2.54 bits per heavy atom. The van der Waals surface area contributed by atoms with Crippen LogP contribution in [0.2, 0.25) is 10.0 Å². The lowest BCUT2D eigenvalue weighted by Crippen LogP contribution is -2.35. The highest BCUT2D eigenvalue weighted by molar-refractivity contribution is 6.42. The summed E-state index contributed by atoms with van der Waals surface area (Å²) in [5.41, 5.74) is 0.735. The molecule has 0 aliphatic heterocycles. The number of ether oxygens (including phenoxy) is 1. The number of benzene rings is 2. The Labute approximate surface area is 148 Å². The number of hydrogen-bond donors (Lipinski definition) is 1. The largest absolute Gasteiger partial charge is 0.479 e. The first-order chi connectivity index (χ1) is 11.4. The molecule has 2 aromatic carbocycles. The zero-order valence-electron chi connectivity index (χ0n) is 12.7. The lowest BCUT2D eigenvalue weighted by Gasteiger charge is -2.16. The van der Waals surface area contributed by atoms with Crippen molar-refractivity contribution in [2.24, 2.45) is 0 Å². The van der Waals surface area contributed by atoms with Crippen molar-refractivity contribution in [3.8, 4) is 5.75 Å². The zero-order chi connectivity index (χ0) is 17.7. The second kappa shape index (κ2) is 7.99. The molecule has 24 heavy (non-hydrogen) atoms. The Kier molecular flexibility index (Phi) is 6.00. The second-order valence-electron chi connectivity index (χ2n) is 4.95. The molecule has 0 heterocycles. The molecule has 1 unspecified atom stereocenters. The smallest absolute Gasteiger partial charge is 0.269 e. The van der Waals surface area contributed by atoms with Crippen molar-refractivity contribution < 1.29 is 14.5 Å². The summed E-state index contributed by atoms with van der Waals surface area (Å²) in [6, 6.07) is 10.8. The molecule has 2 aromatic rings. The van der Waals surface area contributed by atoms with Crippen LogP contribution in [0.15, 0.2) is 42.5 Å². The molecule has 0 aliphatic rings. The van der Waals surface area contributed by atoms with Gasteiger partial charge in [0.25, 0.3) is 11.6 Å². The Morgan fingerprint density at radius 1 is 1.25 bits per heavy atom. The molecule has 1 amide bonds. The van der Waals surface area contributed by atoms with E-state index in [1.807, 2.05) is 0 Å². The number of nitro groups is 1. The molecule has 6 nitrogen and oxygen atoms in total. The van der Waals surface area contributed by atoms with Gasteiger partial charge in [0.2, 0.25) is 0 Å². The van der Waals surface area contributed by atoms with E-state index in [0.29, 0.717) is 10.8 Å². The summed E-state index contributed by atoms with van der Waals surface area (Å²) in [6.45, 7) is 1.82. The van der Waals surface area contributed by atoms with Crippen LogP contribution < -0.4 is 10.1 Å². The minimum atomic E-state index is -0.779. The van der Waals surface area contributed by atoms with Gasteiger partial charge in [0.15, 0.2) is 6.10 Å². The summed E-state index contributed by atoms with van der Waals surface area (Å²) in [6.07, 6.45) is -0.779. The van der Waals surface area contributed by atoms with Gasteiger partial charge in [-0.2, -0.15) is 0 Å². The fourth-order valence-corrected chi connectivity index (χ4v) is 2.22. The molecule has 0 spiro atoms. The summed E-state index contributed by atoms with van der Waals surface area (Å²) >= 11 is 11.9. The lowest BCUT2D eigenvalue weighted by molar-refractivity contribution is -0.384. The van der Waals surface area contributed by atoms with Crippen LogP contribution in [-0.4, -0.2) is 16.9 Å². The highest BCUT2D eigenvalue weighted by Gasteiger charge is 2.17. The monoisotopic (exact) mass is 368 g/mol. The molecule has 0 aromatic heterocycles. The minimum absolute atomic E-state index is 0.00243. The Morgan fingerprint density at radius 2 is 1.92 bits per heavy atom. The van der Waals surface area contributed by atoms with E-state index in [1.54, 1.807) is 37.3 Å². The number of carbonyl (C=O) groups is 1. The predicted octanol–water partition coefficient (Wildman–Crippen LogP) is 3.99. The van der Waals surface area contributed by atoms with Gasteiger partial charge in [-0.15, -0.1) is 0 Å². The molecule has 1 atom stereocenters. The first-order valence-electron chi connectivity index (χ1n) is 7.00. The Hall–Kier alpha value is -2.31. The molecule has 0 saturated carbocycles. The lowest BCUT2D eigenvalue weighted by atomic mass is 10.2. The highest BCUT2D eigenvalue weighted by atomic mass is 35.5. The van der Waals surface area contributed by atoms with Crippen LogP contribution in [-0.2, 0) is 11.3 Å². The molecule has 2 rings (SSSR count). The van der Waals surface area contributed by atoms with Crippen molar-refractivity contribution in [1.82, 2.24) is 5.32 Å². The third-order valence-electron chi connectivity index (χ3n) is 3.20. The van der Waals surface area contributed by atoms with Crippen molar-refractivity contribution in [1.29, 1.82) is 0 Å². The van der Waals surface area contributed by atoms with Gasteiger partial charge in [-0.3, -0.25) is 14.9 Å². The summed E-state index contributed by atoms with van der Waals surface area (Å²) in [5, 5.41) is 13.9. The minimum Gasteiger partial charge on any atom is -0.479 e. The fourth-order valence-electron chi connectivity index (χ4n) is 1.89. The van der Waals surface area contributed by atoms with Gasteiger partial charge in [-0.05, 0) is 24.6 Å². The number of amides is 1. The third kappa shape index (κ3) is 4.59. The summed E-state index contributed by atoms with van der Waals surface area (Å²) in [5.74, 6) is -0.0217. The van der Waals surface area contributed by atoms with Crippen molar-refractivity contribution in [3.63, 3.8) is 0 Å². The van der Waals surface area contributed by atoms with Gasteiger partial charge in [-0.1, -0.05) is 41.4 Å². The van der Waals surface area contributed by atoms with Crippen LogP contribution in [0, 0.1) is 10.1 Å². The molecular formula is C16H14Cl2N2O4. The quantitative estimate of drug-likeness (QED) is 0.617. The molecule has 0 aliphatic carbocycles. The first-order valence-corrected chi connectivity index (χ1v) is 7.76. The number of non-ortho nitro benzene ring substituents is 1. The van der Waals surface area contributed by atoms with Gasteiger partial charge in [0.05, 0.1) is 9.95 Å². The molecule has 8 heteroatoms. The normalized spacial score (nSPS) is 11.6. The van der Waals surface area contributed by atoms with Crippen LogP contribution in [0.4, 0.5) is 5.69 Å². The molecule has 1 N–H and O–H groups in total. The van der Waals surface area contributed by atoms with Gasteiger partial charge < -0.3 is 10.1 Å². The summed E-state index contributed by atoms with van der Waals surface area (Å²) in [4.78, 5) is 22.2. The Bertz CT molecular complexity index is 750. The highest BCUT2D eigenvalue weighted by Crippen LogP contribution is 2.32. The number of carbonyl (C=O) groups excluding carboxylic acids is 1. The SMILES string of the molecule is CC(Oc1cccc(Cl)c1Cl)C(=O)NCc1ccc([N+](=O)[O-])cc1. The van der Waals surface area contributed by atoms with E-state index < -0.39 is 11.0 Å². The second-order valence-corrected chi connectivity index (χ2v) is 5.74. The average Bonchev–Trinajstić information content (AvgIpc) is 2.57. The summed E-state index contributed by atoms with van der Waals surface area (Å²) < 4.78 is 5.51. The molecule has 0 bridgehead atoms. The average molecular weight is 369 g/mol. The Balaban J connectivity index is 1.92. The van der Waals surface area contributed by atoms with E-state index in [9.17, 15) is 14.9 Å². The number of nitrogens with zero attached hydrogens (tertiary/aromatic N) is 1. The van der Waals surface area contributed by atoms with E-state index in [2.05, 4.69) is 5.32 Å². The maximum absolute atomic E-state index is 12.1. The molecule has 126 valence electrons. The van der Waals surface area contributed by atoms with Gasteiger partial charge >= 0.3 is 0 Å². The van der Waals surface area contributed by atoms with Crippen LogP contribution in [0.25, 0.3) is 0 Å². The number of nitro benzene ring substituents is 1. The molecule has 0 saturated heterocycles. The van der Waals surface area contributed by atoms with Gasteiger partial charge in [-0.25, -0.2) is 0 Å². The van der Waals surface area contributed by atoms with E-state index in [4.69, 9.17) is 27.9 Å². The van der Waals surface area contributed by atoms with Crippen LogP contribution in [0.5, 0.6) is 5.75 Å². The maximum Gasteiger partial charge on any atom is 0.269 e. The third-order valence-corrected chi connectivity index (χ3v) is 4.00. The van der Waals surface area contributed by atoms with Crippen LogP contribution in [0.1, 0.15) is 12.5 Å². The van der Waals surface area contributed by atoms with Crippen molar-refractivity contribution in [2.75, 3.05) is 0 Å². The topological polar surface area (TPSA) is 81.5 Å². The first kappa shape index (κ1) is 18.0. The zero-order valence-corrected chi connectivity index (χ0v) is 14.2. The van der Waals surface area contributed by atoms with E-state index in [1.165, 1.54) is 12.1 Å². The summed E-state index contributed by atoms with van der Waals surface area (Å²) in [7, 11) is 0. The van der Waals surface area contributed by atoms with Crippen molar-refractivity contribution >= 4 is 34.8 Å². The van der Waals surface area contributed by atoms with Crippen molar-refractivity contribution in [2.45, 2.75) is 19.6 Å². The van der Waals surface area contributed by atoms with Gasteiger partial charge in [0, 0.05) is 18.7 Å². The van der Waals surface area contributed by atoms with Crippen molar-refractivity contribution in [3.05, 3.63) is 68.2 Å². The number of rotatable bonds is 6. The predicted molar refractivity (Wildman–Crippen MR) is 91.5 cm³/mol. The fraction of sp³-hybridized carbons (Fsp3) is 0.188. The standard InChI is InChI=1S/C16H14Cl2N2O4/c1-10(24-14-4-2-3-13(17)15(14)18)16(21)19-9-11-5-7-12(8-6-11)20(22)23/h2-8,10H,9H2,1H3,(H,19,21). The van der Waals surface area contributed by atoms with E-state index in [0.717, 1.165) is 5.56 Å². The van der Waals surface area contributed by atoms with E-state index in [-0.39, 0.29) is 23.2 Å². The molecular weight excluding hydrogens is 355 g/mol. The molecule has 0 fully saturated rings. The van der Waals surface area contributed by atoms with E-state index >= 15 is 0 Å².